The van der Waals surface area contributed by atoms with Crippen molar-refractivity contribution in [3.63, 3.8) is 0 Å². The molecule has 0 fully saturated rings. The molecule has 3 rings (SSSR count). The maximum absolute atomic E-state index is 11.4. The van der Waals surface area contributed by atoms with Crippen molar-refractivity contribution in [2.45, 2.75) is 0 Å². The molecule has 0 atom stereocenters. The third kappa shape index (κ3) is 2.36. The van der Waals surface area contributed by atoms with Gasteiger partial charge < -0.3 is 10.2 Å². The van der Waals surface area contributed by atoms with E-state index in [9.17, 15) is 15.0 Å². The Morgan fingerprint density at radius 1 is 1.05 bits per heavy atom. The quantitative estimate of drug-likeness (QED) is 0.718. The summed E-state index contributed by atoms with van der Waals surface area (Å²) < 4.78 is 0. The second kappa shape index (κ2) is 5.48. The summed E-state index contributed by atoms with van der Waals surface area (Å²) in [5, 5.41) is 20.3. The van der Waals surface area contributed by atoms with E-state index in [0.29, 0.717) is 21.7 Å². The minimum absolute atomic E-state index is 0.00940. The molecule has 0 saturated carbocycles. The molecule has 0 aliphatic heterocycles. The van der Waals surface area contributed by atoms with Crippen LogP contribution in [0.15, 0.2) is 42.5 Å². The molecule has 2 aromatic carbocycles. The Labute approximate surface area is 135 Å². The van der Waals surface area contributed by atoms with Crippen LogP contribution in [-0.2, 0) is 0 Å². The van der Waals surface area contributed by atoms with E-state index in [1.54, 1.807) is 30.3 Å². The van der Waals surface area contributed by atoms with E-state index in [1.807, 2.05) is 0 Å². The van der Waals surface area contributed by atoms with Crippen LogP contribution in [0.5, 0.6) is 5.75 Å². The average molecular weight is 334 g/mol. The predicted octanol–water partition coefficient (Wildman–Crippen LogP) is 4.61. The molecular formula is C16H9Cl2NO3. The van der Waals surface area contributed by atoms with E-state index < -0.39 is 5.97 Å². The third-order valence-corrected chi connectivity index (χ3v) is 3.87. The van der Waals surface area contributed by atoms with Crippen LogP contribution in [0.2, 0.25) is 10.0 Å². The first-order valence-electron chi connectivity index (χ1n) is 6.29. The van der Waals surface area contributed by atoms with Gasteiger partial charge in [0.25, 0.3) is 0 Å². The number of hydrogen-bond acceptors (Lipinski definition) is 3. The van der Waals surface area contributed by atoms with Crippen LogP contribution >= 0.6 is 23.2 Å². The minimum Gasteiger partial charge on any atom is -0.507 e. The Balaban J connectivity index is 2.38. The molecule has 0 amide bonds. The van der Waals surface area contributed by atoms with E-state index in [1.165, 1.54) is 12.1 Å². The highest BCUT2D eigenvalue weighted by Crippen LogP contribution is 2.36. The molecule has 0 radical (unpaired) electrons. The number of aromatic carboxylic acids is 1. The van der Waals surface area contributed by atoms with Crippen molar-refractivity contribution in [2.24, 2.45) is 0 Å². The highest BCUT2D eigenvalue weighted by molar-refractivity contribution is 6.36. The average Bonchev–Trinajstić information content (AvgIpc) is 2.47. The molecule has 0 saturated heterocycles. The van der Waals surface area contributed by atoms with Crippen molar-refractivity contribution in [1.82, 2.24) is 4.98 Å². The Morgan fingerprint density at radius 2 is 1.77 bits per heavy atom. The van der Waals surface area contributed by atoms with Gasteiger partial charge in [0.1, 0.15) is 11.3 Å². The van der Waals surface area contributed by atoms with Gasteiger partial charge in [-0.15, -0.1) is 0 Å². The summed E-state index contributed by atoms with van der Waals surface area (Å²) in [6.07, 6.45) is 0. The summed E-state index contributed by atoms with van der Waals surface area (Å²) in [5.41, 5.74) is 0.859. The number of carboxylic acids is 1. The number of carbonyl (C=O) groups is 1. The van der Waals surface area contributed by atoms with Gasteiger partial charge in [-0.3, -0.25) is 0 Å². The van der Waals surface area contributed by atoms with Crippen molar-refractivity contribution < 1.29 is 15.0 Å². The number of rotatable bonds is 2. The van der Waals surface area contributed by atoms with Gasteiger partial charge in [0.05, 0.1) is 21.3 Å². The van der Waals surface area contributed by atoms with Crippen molar-refractivity contribution in [3.05, 3.63) is 58.1 Å². The van der Waals surface area contributed by atoms with Crippen molar-refractivity contribution in [1.29, 1.82) is 0 Å². The third-order valence-electron chi connectivity index (χ3n) is 3.26. The van der Waals surface area contributed by atoms with Crippen LogP contribution in [0.3, 0.4) is 0 Å². The monoisotopic (exact) mass is 333 g/mol. The van der Waals surface area contributed by atoms with Gasteiger partial charge in [0.2, 0.25) is 0 Å². The summed E-state index contributed by atoms with van der Waals surface area (Å²) >= 11 is 12.2. The van der Waals surface area contributed by atoms with Gasteiger partial charge in [-0.2, -0.15) is 0 Å². The number of phenolic OH excluding ortho intramolecular Hbond substituents is 1. The van der Waals surface area contributed by atoms with E-state index >= 15 is 0 Å². The second-order valence-corrected chi connectivity index (χ2v) is 5.45. The Bertz CT molecular complexity index is 909. The molecule has 1 aromatic heterocycles. The molecule has 110 valence electrons. The molecule has 4 nitrogen and oxygen atoms in total. The van der Waals surface area contributed by atoms with Crippen molar-refractivity contribution >= 4 is 40.1 Å². The Morgan fingerprint density at radius 3 is 2.45 bits per heavy atom. The highest BCUT2D eigenvalue weighted by atomic mass is 35.5. The number of benzene rings is 2. The largest absolute Gasteiger partial charge is 0.507 e. The summed E-state index contributed by atoms with van der Waals surface area (Å²) in [4.78, 5) is 15.8. The normalized spacial score (nSPS) is 10.8. The first kappa shape index (κ1) is 14.6. The van der Waals surface area contributed by atoms with Gasteiger partial charge >= 0.3 is 5.97 Å². The molecule has 0 unspecified atom stereocenters. The lowest BCUT2D eigenvalue weighted by Crippen LogP contribution is -2.01. The molecule has 0 aliphatic rings. The van der Waals surface area contributed by atoms with E-state index in [4.69, 9.17) is 23.2 Å². The number of aromatic hydroxyl groups is 1. The SMILES string of the molecule is O=C(O)c1c(Cl)ccc2cc(Cl)c(-c3ccccc3O)nc12. The number of carboxylic acid groups (broad SMARTS) is 1. The van der Waals surface area contributed by atoms with Gasteiger partial charge in [0.15, 0.2) is 0 Å². The number of phenols is 1. The zero-order chi connectivity index (χ0) is 15.9. The van der Waals surface area contributed by atoms with Gasteiger partial charge in [-0.05, 0) is 24.3 Å². The fraction of sp³-hybridized carbons (Fsp3) is 0. The predicted molar refractivity (Wildman–Crippen MR) is 85.8 cm³/mol. The number of aromatic nitrogens is 1. The molecule has 2 N–H and O–H groups in total. The molecule has 0 aliphatic carbocycles. The van der Waals surface area contributed by atoms with Gasteiger partial charge in [-0.25, -0.2) is 9.78 Å². The lowest BCUT2D eigenvalue weighted by molar-refractivity contribution is 0.0699. The Kier molecular flexibility index (Phi) is 3.64. The summed E-state index contributed by atoms with van der Waals surface area (Å²) in [6.45, 7) is 0. The standard InChI is InChI=1S/C16H9Cl2NO3/c17-10-6-5-8-7-11(18)15(9-3-1-2-4-12(9)20)19-14(8)13(10)16(21)22/h1-7,20H,(H,21,22). The first-order valence-corrected chi connectivity index (χ1v) is 7.05. The van der Waals surface area contributed by atoms with Gasteiger partial charge in [-0.1, -0.05) is 41.4 Å². The number of para-hydroxylation sites is 1. The number of hydrogen-bond donors (Lipinski definition) is 2. The lowest BCUT2D eigenvalue weighted by Gasteiger charge is -2.10. The first-order chi connectivity index (χ1) is 10.5. The van der Waals surface area contributed by atoms with Crippen molar-refractivity contribution in [2.75, 3.05) is 0 Å². The molecule has 22 heavy (non-hydrogen) atoms. The molecule has 1 heterocycles. The fourth-order valence-electron chi connectivity index (χ4n) is 2.26. The second-order valence-electron chi connectivity index (χ2n) is 4.64. The fourth-order valence-corrected chi connectivity index (χ4v) is 2.75. The smallest absolute Gasteiger partial charge is 0.339 e. The van der Waals surface area contributed by atoms with Crippen LogP contribution < -0.4 is 0 Å². The van der Waals surface area contributed by atoms with Crippen LogP contribution in [0.4, 0.5) is 0 Å². The maximum atomic E-state index is 11.4. The molecular weight excluding hydrogens is 325 g/mol. The topological polar surface area (TPSA) is 70.4 Å². The van der Waals surface area contributed by atoms with E-state index in [2.05, 4.69) is 4.98 Å². The lowest BCUT2D eigenvalue weighted by atomic mass is 10.1. The zero-order valence-corrected chi connectivity index (χ0v) is 12.6. The van der Waals surface area contributed by atoms with E-state index in [0.717, 1.165) is 0 Å². The minimum atomic E-state index is -1.17. The van der Waals surface area contributed by atoms with Crippen LogP contribution in [0.25, 0.3) is 22.2 Å². The molecule has 0 bridgehead atoms. The Hall–Kier alpha value is -2.30. The number of pyridine rings is 1. The van der Waals surface area contributed by atoms with Gasteiger partial charge in [0, 0.05) is 10.9 Å². The van der Waals surface area contributed by atoms with Crippen LogP contribution in [0.1, 0.15) is 10.4 Å². The van der Waals surface area contributed by atoms with E-state index in [-0.39, 0.29) is 21.9 Å². The number of halogens is 2. The van der Waals surface area contributed by atoms with Crippen LogP contribution in [0, 0.1) is 0 Å². The summed E-state index contributed by atoms with van der Waals surface area (Å²) in [6, 6.07) is 11.3. The van der Waals surface area contributed by atoms with Crippen molar-refractivity contribution in [3.8, 4) is 17.0 Å². The molecule has 6 heteroatoms. The maximum Gasteiger partial charge on any atom is 0.339 e. The number of nitrogens with zero attached hydrogens (tertiary/aromatic N) is 1. The zero-order valence-electron chi connectivity index (χ0n) is 11.0. The number of fused-ring (bicyclic) bond motifs is 1. The molecule has 3 aromatic rings. The molecule has 0 spiro atoms. The highest BCUT2D eigenvalue weighted by Gasteiger charge is 2.18. The van der Waals surface area contributed by atoms with Crippen LogP contribution in [-0.4, -0.2) is 21.2 Å². The summed E-state index contributed by atoms with van der Waals surface area (Å²) in [5.74, 6) is -1.16. The summed E-state index contributed by atoms with van der Waals surface area (Å²) in [7, 11) is 0.